The number of esters is 1. The molecule has 0 bridgehead atoms. The van der Waals surface area contributed by atoms with Gasteiger partial charge in [0.1, 0.15) is 11.9 Å². The van der Waals surface area contributed by atoms with Gasteiger partial charge in [0.15, 0.2) is 0 Å². The van der Waals surface area contributed by atoms with E-state index >= 15 is 0 Å². The van der Waals surface area contributed by atoms with Crippen molar-refractivity contribution in [2.24, 2.45) is 0 Å². The predicted octanol–water partition coefficient (Wildman–Crippen LogP) is 3.94. The third kappa shape index (κ3) is 3.83. The molecule has 1 atom stereocenters. The van der Waals surface area contributed by atoms with Crippen LogP contribution in [0.15, 0.2) is 42.5 Å². The molecule has 5 nitrogen and oxygen atoms in total. The zero-order valence-electron chi connectivity index (χ0n) is 14.7. The minimum Gasteiger partial charge on any atom is -0.488 e. The lowest BCUT2D eigenvalue weighted by molar-refractivity contribution is 0.0600. The van der Waals surface area contributed by atoms with Crippen molar-refractivity contribution < 1.29 is 19.1 Å². The van der Waals surface area contributed by atoms with E-state index in [1.807, 2.05) is 13.0 Å². The Morgan fingerprint density at radius 2 is 2.00 bits per heavy atom. The summed E-state index contributed by atoms with van der Waals surface area (Å²) in [6.07, 6.45) is 0.639. The summed E-state index contributed by atoms with van der Waals surface area (Å²) < 4.78 is 10.8. The summed E-state index contributed by atoms with van der Waals surface area (Å²) in [6, 6.07) is 12.0. The molecule has 0 N–H and O–H groups in total. The van der Waals surface area contributed by atoms with Crippen molar-refractivity contribution in [1.29, 1.82) is 0 Å². The van der Waals surface area contributed by atoms with E-state index in [4.69, 9.17) is 21.1 Å². The number of ether oxygens (including phenoxy) is 2. The molecule has 2 aromatic carbocycles. The van der Waals surface area contributed by atoms with Gasteiger partial charge in [-0.1, -0.05) is 30.7 Å². The molecule has 136 valence electrons. The monoisotopic (exact) mass is 373 g/mol. The number of carbonyl (C=O) groups is 2. The lowest BCUT2D eigenvalue weighted by atomic mass is 10.1. The fourth-order valence-corrected chi connectivity index (χ4v) is 3.11. The Hall–Kier alpha value is -2.53. The average Bonchev–Trinajstić information content (AvgIpc) is 2.85. The molecule has 1 aliphatic heterocycles. The van der Waals surface area contributed by atoms with Crippen LogP contribution in [0.25, 0.3) is 0 Å². The van der Waals surface area contributed by atoms with Gasteiger partial charge in [-0.25, -0.2) is 4.79 Å². The van der Waals surface area contributed by atoms with Crippen LogP contribution < -0.4 is 4.74 Å². The number of amides is 1. The topological polar surface area (TPSA) is 55.8 Å². The van der Waals surface area contributed by atoms with Gasteiger partial charge in [-0.15, -0.1) is 0 Å². The second-order valence-electron chi connectivity index (χ2n) is 6.16. The van der Waals surface area contributed by atoms with Crippen LogP contribution in [-0.4, -0.2) is 36.5 Å². The highest BCUT2D eigenvalue weighted by atomic mass is 35.5. The van der Waals surface area contributed by atoms with E-state index < -0.39 is 5.97 Å². The van der Waals surface area contributed by atoms with Crippen molar-refractivity contribution in [3.05, 3.63) is 64.2 Å². The quantitative estimate of drug-likeness (QED) is 0.765. The standard InChI is InChI=1S/C20H20ClNO4/c1-3-17-12-22(11-15-7-8-16(21)10-18(15)26-17)19(23)13-5-4-6-14(9-13)20(24)25-2/h4-10,17H,3,11-12H2,1-2H3. The number of nitrogens with zero attached hydrogens (tertiary/aromatic N) is 1. The molecule has 1 unspecified atom stereocenters. The largest absolute Gasteiger partial charge is 0.488 e. The zero-order chi connectivity index (χ0) is 18.7. The van der Waals surface area contributed by atoms with Crippen molar-refractivity contribution in [3.8, 4) is 5.75 Å². The van der Waals surface area contributed by atoms with E-state index in [0.29, 0.717) is 35.0 Å². The molecule has 0 saturated carbocycles. The molecular formula is C20H20ClNO4. The van der Waals surface area contributed by atoms with Gasteiger partial charge in [0.2, 0.25) is 0 Å². The number of carbonyl (C=O) groups excluding carboxylic acids is 2. The maximum Gasteiger partial charge on any atom is 0.337 e. The number of hydrogen-bond acceptors (Lipinski definition) is 4. The molecule has 0 saturated heterocycles. The van der Waals surface area contributed by atoms with Crippen LogP contribution in [0.2, 0.25) is 5.02 Å². The Labute approximate surface area is 157 Å². The second kappa shape index (κ2) is 7.79. The molecule has 0 aromatic heterocycles. The molecule has 0 aliphatic carbocycles. The summed E-state index contributed by atoms with van der Waals surface area (Å²) in [5.74, 6) is 0.0915. The first-order chi connectivity index (χ1) is 12.5. The zero-order valence-corrected chi connectivity index (χ0v) is 15.5. The lowest BCUT2D eigenvalue weighted by Gasteiger charge is -2.23. The van der Waals surface area contributed by atoms with Gasteiger partial charge in [0.05, 0.1) is 19.2 Å². The van der Waals surface area contributed by atoms with E-state index in [9.17, 15) is 9.59 Å². The molecule has 6 heteroatoms. The molecule has 0 radical (unpaired) electrons. The molecule has 0 fully saturated rings. The summed E-state index contributed by atoms with van der Waals surface area (Å²) in [5.41, 5.74) is 1.70. The maximum atomic E-state index is 13.0. The van der Waals surface area contributed by atoms with Gasteiger partial charge in [-0.2, -0.15) is 0 Å². The fourth-order valence-electron chi connectivity index (χ4n) is 2.95. The van der Waals surface area contributed by atoms with Gasteiger partial charge in [0.25, 0.3) is 5.91 Å². The first-order valence-corrected chi connectivity index (χ1v) is 8.82. The van der Waals surface area contributed by atoms with E-state index in [1.165, 1.54) is 7.11 Å². The number of halogens is 1. The van der Waals surface area contributed by atoms with Crippen LogP contribution >= 0.6 is 11.6 Å². The van der Waals surface area contributed by atoms with Gasteiger partial charge in [-0.3, -0.25) is 4.79 Å². The smallest absolute Gasteiger partial charge is 0.337 e. The van der Waals surface area contributed by atoms with E-state index in [0.717, 1.165) is 12.0 Å². The molecule has 26 heavy (non-hydrogen) atoms. The van der Waals surface area contributed by atoms with Gasteiger partial charge >= 0.3 is 5.97 Å². The summed E-state index contributed by atoms with van der Waals surface area (Å²) in [4.78, 5) is 26.5. The van der Waals surface area contributed by atoms with Crippen LogP contribution in [0.5, 0.6) is 5.75 Å². The third-order valence-electron chi connectivity index (χ3n) is 4.38. The number of methoxy groups -OCH3 is 1. The molecule has 3 rings (SSSR count). The lowest BCUT2D eigenvalue weighted by Crippen LogP contribution is -2.37. The minimum absolute atomic E-state index is 0.123. The van der Waals surface area contributed by atoms with Crippen molar-refractivity contribution in [3.63, 3.8) is 0 Å². The Morgan fingerprint density at radius 3 is 2.73 bits per heavy atom. The maximum absolute atomic E-state index is 13.0. The van der Waals surface area contributed by atoms with E-state index in [1.54, 1.807) is 41.3 Å². The molecule has 1 heterocycles. The van der Waals surface area contributed by atoms with Crippen LogP contribution in [0, 0.1) is 0 Å². The highest BCUT2D eigenvalue weighted by molar-refractivity contribution is 6.30. The van der Waals surface area contributed by atoms with Gasteiger partial charge in [-0.05, 0) is 36.8 Å². The normalized spacial score (nSPS) is 16.3. The average molecular weight is 374 g/mol. The van der Waals surface area contributed by atoms with E-state index in [2.05, 4.69) is 0 Å². The highest BCUT2D eigenvalue weighted by Gasteiger charge is 2.26. The number of rotatable bonds is 3. The van der Waals surface area contributed by atoms with Crippen LogP contribution in [-0.2, 0) is 11.3 Å². The summed E-state index contributed by atoms with van der Waals surface area (Å²) >= 11 is 6.07. The van der Waals surface area contributed by atoms with Gasteiger partial charge in [0, 0.05) is 22.7 Å². The fraction of sp³-hybridized carbons (Fsp3) is 0.300. The van der Waals surface area contributed by atoms with Crippen molar-refractivity contribution in [1.82, 2.24) is 4.90 Å². The highest BCUT2D eigenvalue weighted by Crippen LogP contribution is 2.29. The van der Waals surface area contributed by atoms with Crippen molar-refractivity contribution in [2.75, 3.05) is 13.7 Å². The minimum atomic E-state index is -0.467. The van der Waals surface area contributed by atoms with Crippen LogP contribution in [0.4, 0.5) is 0 Å². The van der Waals surface area contributed by atoms with E-state index in [-0.39, 0.29) is 12.0 Å². The first-order valence-electron chi connectivity index (χ1n) is 8.44. The van der Waals surface area contributed by atoms with Crippen molar-refractivity contribution in [2.45, 2.75) is 26.0 Å². The Kier molecular flexibility index (Phi) is 5.47. The van der Waals surface area contributed by atoms with Crippen molar-refractivity contribution >= 4 is 23.5 Å². The molecule has 1 aliphatic rings. The van der Waals surface area contributed by atoms with Crippen LogP contribution in [0.1, 0.15) is 39.6 Å². The van der Waals surface area contributed by atoms with Gasteiger partial charge < -0.3 is 14.4 Å². The van der Waals surface area contributed by atoms with Crippen LogP contribution in [0.3, 0.4) is 0 Å². The SMILES string of the molecule is CCC1CN(C(=O)c2cccc(C(=O)OC)c2)Cc2ccc(Cl)cc2O1. The molecule has 0 spiro atoms. The number of hydrogen-bond donors (Lipinski definition) is 0. The molecule has 1 amide bonds. The molecule has 2 aromatic rings. The summed E-state index contributed by atoms with van der Waals surface area (Å²) in [7, 11) is 1.32. The predicted molar refractivity (Wildman–Crippen MR) is 98.7 cm³/mol. The number of benzene rings is 2. The second-order valence-corrected chi connectivity index (χ2v) is 6.59. The Balaban J connectivity index is 1.91. The Bertz CT molecular complexity index is 836. The summed E-state index contributed by atoms with van der Waals surface area (Å²) in [6.45, 7) is 2.90. The Morgan fingerprint density at radius 1 is 1.23 bits per heavy atom. The first kappa shape index (κ1) is 18.3. The molecular weight excluding hydrogens is 354 g/mol. The number of fused-ring (bicyclic) bond motifs is 1. The third-order valence-corrected chi connectivity index (χ3v) is 4.62. The summed E-state index contributed by atoms with van der Waals surface area (Å²) in [5, 5.41) is 0.601.